The Labute approximate surface area is 161 Å². The lowest BCUT2D eigenvalue weighted by molar-refractivity contribution is -0.857. The third kappa shape index (κ3) is 3.03. The Morgan fingerprint density at radius 2 is 1.78 bits per heavy atom. The second-order valence-electron chi connectivity index (χ2n) is 7.08. The van der Waals surface area contributed by atoms with Crippen molar-refractivity contribution in [3.05, 3.63) is 80.7 Å². The molecule has 1 aliphatic heterocycles. The number of carbonyl (C=O) groups excluding carboxylic acids is 1. The highest BCUT2D eigenvalue weighted by atomic mass is 35.5. The molecule has 0 unspecified atom stereocenters. The van der Waals surface area contributed by atoms with Crippen LogP contribution in [-0.2, 0) is 0 Å². The number of rotatable bonds is 4. The van der Waals surface area contributed by atoms with E-state index in [9.17, 15) is 9.59 Å². The zero-order valence-electron chi connectivity index (χ0n) is 15.2. The van der Waals surface area contributed by atoms with Crippen molar-refractivity contribution in [1.82, 2.24) is 4.90 Å². The molecule has 0 bridgehead atoms. The molecule has 2 heterocycles. The number of likely N-dealkylation sites (N-methyl/N-ethyl adjacent to an activating group) is 1. The summed E-state index contributed by atoms with van der Waals surface area (Å²) in [6, 6.07) is 13.8. The van der Waals surface area contributed by atoms with Crippen LogP contribution in [0.1, 0.15) is 27.7 Å². The monoisotopic (exact) mass is 383 g/mol. The Kier molecular flexibility index (Phi) is 4.50. The second kappa shape index (κ2) is 6.83. The fourth-order valence-corrected chi connectivity index (χ4v) is 3.66. The number of para-hydroxylation sites is 1. The molecule has 27 heavy (non-hydrogen) atoms. The molecular weight excluding hydrogens is 364 g/mol. The molecule has 0 saturated heterocycles. The number of carbonyl (C=O) groups is 1. The molecule has 5 nitrogen and oxygen atoms in total. The molecule has 138 valence electrons. The molecule has 0 spiro atoms. The molecule has 6 heteroatoms. The van der Waals surface area contributed by atoms with E-state index < -0.39 is 6.04 Å². The standard InChI is InChI=1S/C21H19ClN2O3/c1-23(2)11-12-24-18(13-7-9-14(22)10-8-13)17-19(25)15-5-3-4-6-16(15)27-20(17)21(24)26/h3-10,18H,11-12H2,1-2H3/p+1/t18-/m1/s1. The SMILES string of the molecule is C[NH+](C)CCN1C(=O)c2oc3ccccc3c(=O)c2[C@H]1c1ccc(Cl)cc1. The molecule has 0 aliphatic carbocycles. The Balaban J connectivity index is 1.93. The van der Waals surface area contributed by atoms with Gasteiger partial charge in [-0.05, 0) is 29.8 Å². The first-order chi connectivity index (χ1) is 13.0. The van der Waals surface area contributed by atoms with Gasteiger partial charge in [0, 0.05) is 5.02 Å². The van der Waals surface area contributed by atoms with Gasteiger partial charge in [-0.25, -0.2) is 0 Å². The summed E-state index contributed by atoms with van der Waals surface area (Å²) >= 11 is 6.03. The Bertz CT molecular complexity index is 1070. The normalized spacial score (nSPS) is 16.4. The van der Waals surface area contributed by atoms with Crippen molar-refractivity contribution in [1.29, 1.82) is 0 Å². The number of amides is 1. The molecule has 1 aliphatic rings. The van der Waals surface area contributed by atoms with Crippen LogP contribution in [0.15, 0.2) is 57.7 Å². The van der Waals surface area contributed by atoms with Gasteiger partial charge in [0.1, 0.15) is 5.58 Å². The number of nitrogens with one attached hydrogen (secondary N) is 1. The average molecular weight is 384 g/mol. The maximum absolute atomic E-state index is 13.2. The zero-order chi connectivity index (χ0) is 19.1. The van der Waals surface area contributed by atoms with E-state index in [-0.39, 0.29) is 17.1 Å². The minimum absolute atomic E-state index is 0.146. The smallest absolute Gasteiger partial charge is 0.291 e. The fraction of sp³-hybridized carbons (Fsp3) is 0.238. The van der Waals surface area contributed by atoms with E-state index in [1.807, 2.05) is 26.2 Å². The van der Waals surface area contributed by atoms with Gasteiger partial charge in [0.15, 0.2) is 5.43 Å². The molecule has 4 rings (SSSR count). The van der Waals surface area contributed by atoms with Crippen molar-refractivity contribution < 1.29 is 14.1 Å². The second-order valence-corrected chi connectivity index (χ2v) is 7.52. The van der Waals surface area contributed by atoms with Crippen LogP contribution in [0.4, 0.5) is 0 Å². The lowest BCUT2D eigenvalue weighted by Gasteiger charge is -2.25. The van der Waals surface area contributed by atoms with Gasteiger partial charge in [0.2, 0.25) is 5.76 Å². The Morgan fingerprint density at radius 1 is 1.07 bits per heavy atom. The van der Waals surface area contributed by atoms with Crippen molar-refractivity contribution in [2.75, 3.05) is 27.2 Å². The van der Waals surface area contributed by atoms with Gasteiger partial charge in [-0.15, -0.1) is 0 Å². The van der Waals surface area contributed by atoms with E-state index in [0.29, 0.717) is 28.1 Å². The van der Waals surface area contributed by atoms with Gasteiger partial charge in [-0.2, -0.15) is 0 Å². The predicted octanol–water partition coefficient (Wildman–Crippen LogP) is 2.14. The quantitative estimate of drug-likeness (QED) is 0.751. The number of hydrogen-bond donors (Lipinski definition) is 1. The van der Waals surface area contributed by atoms with Crippen LogP contribution < -0.4 is 10.3 Å². The third-order valence-electron chi connectivity index (χ3n) is 4.91. The van der Waals surface area contributed by atoms with E-state index in [1.54, 1.807) is 41.3 Å². The van der Waals surface area contributed by atoms with E-state index in [0.717, 1.165) is 12.1 Å². The van der Waals surface area contributed by atoms with Crippen molar-refractivity contribution in [2.24, 2.45) is 0 Å². The summed E-state index contributed by atoms with van der Waals surface area (Å²) in [6.45, 7) is 1.28. The highest BCUT2D eigenvalue weighted by Crippen LogP contribution is 2.38. The van der Waals surface area contributed by atoms with E-state index >= 15 is 0 Å². The van der Waals surface area contributed by atoms with Crippen LogP contribution in [0.5, 0.6) is 0 Å². The van der Waals surface area contributed by atoms with Gasteiger partial charge in [0.05, 0.1) is 44.2 Å². The highest BCUT2D eigenvalue weighted by molar-refractivity contribution is 6.30. The van der Waals surface area contributed by atoms with Gasteiger partial charge < -0.3 is 14.2 Å². The predicted molar refractivity (Wildman–Crippen MR) is 104 cm³/mol. The summed E-state index contributed by atoms with van der Waals surface area (Å²) in [5, 5.41) is 1.10. The summed E-state index contributed by atoms with van der Waals surface area (Å²) in [5.41, 5.74) is 1.54. The van der Waals surface area contributed by atoms with Crippen molar-refractivity contribution in [3.8, 4) is 0 Å². The van der Waals surface area contributed by atoms with Crippen LogP contribution in [0.25, 0.3) is 11.0 Å². The van der Waals surface area contributed by atoms with Crippen LogP contribution >= 0.6 is 11.6 Å². The maximum atomic E-state index is 13.2. The first kappa shape index (κ1) is 17.8. The molecule has 0 fully saturated rings. The summed E-state index contributed by atoms with van der Waals surface area (Å²) in [5.74, 6) is -0.0959. The van der Waals surface area contributed by atoms with Crippen molar-refractivity contribution >= 4 is 28.5 Å². The minimum Gasteiger partial charge on any atom is -0.450 e. The van der Waals surface area contributed by atoms with E-state index in [1.165, 1.54) is 4.90 Å². The average Bonchev–Trinajstić information content (AvgIpc) is 2.93. The van der Waals surface area contributed by atoms with Crippen LogP contribution in [0.3, 0.4) is 0 Å². The maximum Gasteiger partial charge on any atom is 0.291 e. The topological polar surface area (TPSA) is 55.0 Å². The molecule has 0 radical (unpaired) electrons. The summed E-state index contributed by atoms with van der Waals surface area (Å²) < 4.78 is 5.89. The van der Waals surface area contributed by atoms with E-state index in [2.05, 4.69) is 0 Å². The Hall–Kier alpha value is -2.63. The van der Waals surface area contributed by atoms with Gasteiger partial charge in [-0.3, -0.25) is 9.59 Å². The van der Waals surface area contributed by atoms with Crippen LogP contribution in [0.2, 0.25) is 5.02 Å². The van der Waals surface area contributed by atoms with E-state index in [4.69, 9.17) is 16.0 Å². The fourth-order valence-electron chi connectivity index (χ4n) is 3.53. The summed E-state index contributed by atoms with van der Waals surface area (Å²) in [7, 11) is 4.06. The van der Waals surface area contributed by atoms with Crippen molar-refractivity contribution in [3.63, 3.8) is 0 Å². The molecule has 0 saturated carbocycles. The molecule has 3 aromatic rings. The minimum atomic E-state index is -0.468. The van der Waals surface area contributed by atoms with Gasteiger partial charge in [-0.1, -0.05) is 35.9 Å². The number of nitrogens with zero attached hydrogens (tertiary/aromatic N) is 1. The van der Waals surface area contributed by atoms with Crippen LogP contribution in [-0.4, -0.2) is 38.0 Å². The Morgan fingerprint density at radius 3 is 2.48 bits per heavy atom. The molecular formula is C21H20ClN2O3+. The third-order valence-corrected chi connectivity index (χ3v) is 5.16. The molecule has 2 aromatic carbocycles. The largest absolute Gasteiger partial charge is 0.450 e. The first-order valence-corrected chi connectivity index (χ1v) is 9.26. The van der Waals surface area contributed by atoms with Crippen LogP contribution in [0, 0.1) is 0 Å². The number of quaternary nitrogens is 1. The van der Waals surface area contributed by atoms with Gasteiger partial charge in [0.25, 0.3) is 5.91 Å². The number of hydrogen-bond acceptors (Lipinski definition) is 3. The number of halogens is 1. The summed E-state index contributed by atoms with van der Waals surface area (Å²) in [6.07, 6.45) is 0. The zero-order valence-corrected chi connectivity index (χ0v) is 15.9. The molecule has 1 aromatic heterocycles. The first-order valence-electron chi connectivity index (χ1n) is 8.88. The van der Waals surface area contributed by atoms with Gasteiger partial charge >= 0.3 is 0 Å². The molecule has 1 atom stereocenters. The summed E-state index contributed by atoms with van der Waals surface area (Å²) in [4.78, 5) is 29.3. The van der Waals surface area contributed by atoms with Crippen molar-refractivity contribution in [2.45, 2.75) is 6.04 Å². The highest BCUT2D eigenvalue weighted by Gasteiger charge is 2.42. The molecule has 1 amide bonds. The number of benzene rings is 2. The molecule has 1 N–H and O–H groups in total. The lowest BCUT2D eigenvalue weighted by atomic mass is 9.98. The number of fused-ring (bicyclic) bond motifs is 2. The lowest BCUT2D eigenvalue weighted by Crippen LogP contribution is -3.06.